The van der Waals surface area contributed by atoms with Gasteiger partial charge < -0.3 is 5.32 Å². The highest BCUT2D eigenvalue weighted by molar-refractivity contribution is 8.01. The number of Topliss-reactive ketones (excluding diaryl/α,β-unsaturated/α-hetero) is 1. The molecule has 0 radical (unpaired) electrons. The molecule has 0 aliphatic carbocycles. The summed E-state index contributed by atoms with van der Waals surface area (Å²) in [5.74, 6) is 0.411. The number of benzene rings is 3. The van der Waals surface area contributed by atoms with Crippen molar-refractivity contribution in [3.05, 3.63) is 66.2 Å². The lowest BCUT2D eigenvalue weighted by atomic mass is 10.0. The number of anilines is 1. The maximum atomic E-state index is 12.8. The van der Waals surface area contributed by atoms with Crippen molar-refractivity contribution in [3.8, 4) is 0 Å². The molecule has 1 N–H and O–H groups in total. The fraction of sp³-hybridized carbons (Fsp3) is 0.0952. The Labute approximate surface area is 164 Å². The molecule has 0 bridgehead atoms. The van der Waals surface area contributed by atoms with Crippen LogP contribution >= 0.6 is 23.1 Å². The number of carbonyl (C=O) groups excluding carboxylic acids is 2. The van der Waals surface area contributed by atoms with Gasteiger partial charge in [-0.05, 0) is 42.0 Å². The SMILES string of the molecule is CC(=O)CSc1nc2ccc(NC(=O)c3cccc4ccccc34)cc2s1. The van der Waals surface area contributed by atoms with Gasteiger partial charge in [-0.25, -0.2) is 4.98 Å². The Kier molecular flexibility index (Phi) is 4.92. The summed E-state index contributed by atoms with van der Waals surface area (Å²) in [6, 6.07) is 19.2. The van der Waals surface area contributed by atoms with Crippen LogP contribution in [0.4, 0.5) is 5.69 Å². The average Bonchev–Trinajstić information content (AvgIpc) is 3.08. The maximum Gasteiger partial charge on any atom is 0.256 e. The van der Waals surface area contributed by atoms with Crippen molar-refractivity contribution in [1.29, 1.82) is 0 Å². The van der Waals surface area contributed by atoms with E-state index in [9.17, 15) is 9.59 Å². The minimum atomic E-state index is -0.137. The number of thioether (sulfide) groups is 1. The zero-order valence-corrected chi connectivity index (χ0v) is 16.2. The Morgan fingerprint density at radius 2 is 1.89 bits per heavy atom. The normalized spacial score (nSPS) is 11.0. The van der Waals surface area contributed by atoms with Crippen LogP contribution in [0.1, 0.15) is 17.3 Å². The Morgan fingerprint density at radius 3 is 2.74 bits per heavy atom. The quantitative estimate of drug-likeness (QED) is 0.463. The number of aromatic nitrogens is 1. The Hall–Kier alpha value is -2.70. The molecule has 4 aromatic rings. The molecule has 3 aromatic carbocycles. The number of nitrogens with one attached hydrogen (secondary N) is 1. The van der Waals surface area contributed by atoms with Crippen LogP contribution < -0.4 is 5.32 Å². The van der Waals surface area contributed by atoms with Crippen molar-refractivity contribution in [2.75, 3.05) is 11.1 Å². The number of hydrogen-bond donors (Lipinski definition) is 1. The summed E-state index contributed by atoms with van der Waals surface area (Å²) in [6.07, 6.45) is 0. The molecule has 0 fully saturated rings. The van der Waals surface area contributed by atoms with Gasteiger partial charge in [0.25, 0.3) is 5.91 Å². The lowest BCUT2D eigenvalue weighted by molar-refractivity contribution is -0.114. The highest BCUT2D eigenvalue weighted by atomic mass is 32.2. The molecule has 0 saturated heterocycles. The van der Waals surface area contributed by atoms with E-state index < -0.39 is 0 Å². The zero-order valence-electron chi connectivity index (χ0n) is 14.6. The molecule has 0 atom stereocenters. The van der Waals surface area contributed by atoms with Crippen molar-refractivity contribution >= 4 is 61.5 Å². The summed E-state index contributed by atoms with van der Waals surface area (Å²) in [6.45, 7) is 1.57. The molecule has 1 heterocycles. The molecule has 6 heteroatoms. The number of fused-ring (bicyclic) bond motifs is 2. The summed E-state index contributed by atoms with van der Waals surface area (Å²) in [5, 5.41) is 4.95. The van der Waals surface area contributed by atoms with Gasteiger partial charge >= 0.3 is 0 Å². The second kappa shape index (κ2) is 7.50. The molecule has 1 aromatic heterocycles. The summed E-state index contributed by atoms with van der Waals surface area (Å²) in [5.41, 5.74) is 2.25. The average molecular weight is 393 g/mol. The van der Waals surface area contributed by atoms with E-state index in [0.717, 1.165) is 31.0 Å². The van der Waals surface area contributed by atoms with Crippen molar-refractivity contribution in [1.82, 2.24) is 4.98 Å². The van der Waals surface area contributed by atoms with Crippen LogP contribution in [0, 0.1) is 0 Å². The van der Waals surface area contributed by atoms with Gasteiger partial charge in [0.2, 0.25) is 0 Å². The van der Waals surface area contributed by atoms with Crippen LogP contribution in [0.15, 0.2) is 65.0 Å². The van der Waals surface area contributed by atoms with Gasteiger partial charge in [-0.1, -0.05) is 48.2 Å². The number of thiazole rings is 1. The van der Waals surface area contributed by atoms with E-state index >= 15 is 0 Å². The molecule has 0 aliphatic heterocycles. The Morgan fingerprint density at radius 1 is 1.07 bits per heavy atom. The van der Waals surface area contributed by atoms with E-state index in [1.807, 2.05) is 60.7 Å². The maximum absolute atomic E-state index is 12.8. The van der Waals surface area contributed by atoms with Crippen LogP contribution in [0.3, 0.4) is 0 Å². The molecule has 134 valence electrons. The Bertz CT molecular complexity index is 1160. The van der Waals surface area contributed by atoms with E-state index in [4.69, 9.17) is 0 Å². The fourth-order valence-electron chi connectivity index (χ4n) is 2.83. The molecule has 0 aliphatic rings. The lowest BCUT2D eigenvalue weighted by Crippen LogP contribution is -2.12. The summed E-state index contributed by atoms with van der Waals surface area (Å²) in [4.78, 5) is 28.4. The van der Waals surface area contributed by atoms with Gasteiger partial charge in [0.15, 0.2) is 4.34 Å². The number of amides is 1. The predicted molar refractivity (Wildman–Crippen MR) is 113 cm³/mol. The van der Waals surface area contributed by atoms with Crippen LogP contribution in [0.5, 0.6) is 0 Å². The highest BCUT2D eigenvalue weighted by Gasteiger charge is 2.11. The van der Waals surface area contributed by atoms with Gasteiger partial charge in [-0.3, -0.25) is 9.59 Å². The number of nitrogens with zero attached hydrogens (tertiary/aromatic N) is 1. The fourth-order valence-corrected chi connectivity index (χ4v) is 4.74. The first-order valence-corrected chi connectivity index (χ1v) is 10.2. The summed E-state index contributed by atoms with van der Waals surface area (Å²) < 4.78 is 1.84. The molecular formula is C21H16N2O2S2. The molecule has 4 rings (SSSR count). The smallest absolute Gasteiger partial charge is 0.256 e. The van der Waals surface area contributed by atoms with E-state index in [2.05, 4.69) is 10.3 Å². The second-order valence-electron chi connectivity index (χ2n) is 6.13. The third-order valence-corrected chi connectivity index (χ3v) is 6.37. The van der Waals surface area contributed by atoms with Crippen molar-refractivity contribution in [2.24, 2.45) is 0 Å². The number of hydrogen-bond acceptors (Lipinski definition) is 5. The van der Waals surface area contributed by atoms with Gasteiger partial charge in [0.05, 0.1) is 16.0 Å². The second-order valence-corrected chi connectivity index (χ2v) is 8.39. The van der Waals surface area contributed by atoms with Crippen molar-refractivity contribution in [2.45, 2.75) is 11.3 Å². The topological polar surface area (TPSA) is 59.1 Å². The lowest BCUT2D eigenvalue weighted by Gasteiger charge is -2.08. The van der Waals surface area contributed by atoms with E-state index in [1.165, 1.54) is 23.1 Å². The predicted octanol–water partition coefficient (Wildman–Crippen LogP) is 5.38. The van der Waals surface area contributed by atoms with E-state index in [-0.39, 0.29) is 11.7 Å². The van der Waals surface area contributed by atoms with Crippen molar-refractivity contribution < 1.29 is 9.59 Å². The van der Waals surface area contributed by atoms with Crippen molar-refractivity contribution in [3.63, 3.8) is 0 Å². The molecule has 0 spiro atoms. The first kappa shape index (κ1) is 17.7. The van der Waals surface area contributed by atoms with Gasteiger partial charge in [-0.15, -0.1) is 11.3 Å². The first-order valence-electron chi connectivity index (χ1n) is 8.42. The van der Waals surface area contributed by atoms with Gasteiger partial charge in [0, 0.05) is 11.3 Å². The number of ketones is 1. The standard InChI is InChI=1S/C21H16N2O2S2/c1-13(24)12-26-21-23-18-10-9-15(11-19(18)27-21)22-20(25)17-8-4-6-14-5-2-3-7-16(14)17/h2-11H,12H2,1H3,(H,22,25). The number of carbonyl (C=O) groups is 2. The largest absolute Gasteiger partial charge is 0.322 e. The minimum Gasteiger partial charge on any atom is -0.322 e. The molecule has 0 unspecified atom stereocenters. The monoisotopic (exact) mass is 392 g/mol. The van der Waals surface area contributed by atoms with Crippen LogP contribution in [-0.2, 0) is 4.79 Å². The summed E-state index contributed by atoms with van der Waals surface area (Å²) in [7, 11) is 0. The van der Waals surface area contributed by atoms with Gasteiger partial charge in [-0.2, -0.15) is 0 Å². The molecule has 27 heavy (non-hydrogen) atoms. The van der Waals surface area contributed by atoms with E-state index in [0.29, 0.717) is 11.3 Å². The molecular weight excluding hydrogens is 376 g/mol. The minimum absolute atomic E-state index is 0.127. The molecule has 1 amide bonds. The van der Waals surface area contributed by atoms with E-state index in [1.54, 1.807) is 6.92 Å². The number of rotatable bonds is 5. The van der Waals surface area contributed by atoms with Crippen LogP contribution in [-0.4, -0.2) is 22.4 Å². The molecule has 0 saturated carbocycles. The molecule has 4 nitrogen and oxygen atoms in total. The third-order valence-electron chi connectivity index (χ3n) is 4.06. The van der Waals surface area contributed by atoms with Crippen LogP contribution in [0.25, 0.3) is 21.0 Å². The first-order chi connectivity index (χ1) is 13.1. The van der Waals surface area contributed by atoms with Gasteiger partial charge in [0.1, 0.15) is 5.78 Å². The van der Waals surface area contributed by atoms with Crippen LogP contribution in [0.2, 0.25) is 0 Å². The third kappa shape index (κ3) is 3.86. The highest BCUT2D eigenvalue weighted by Crippen LogP contribution is 2.31. The Balaban J connectivity index is 1.59. The summed E-state index contributed by atoms with van der Waals surface area (Å²) >= 11 is 2.97. The zero-order chi connectivity index (χ0) is 18.8.